The van der Waals surface area contributed by atoms with Crippen molar-refractivity contribution < 1.29 is 14.3 Å². The molecular weight excluding hydrogens is 406 g/mol. The molecule has 2 aromatic rings. The number of nitrogens with one attached hydrogen (secondary N) is 1. The molecular formula is C22H28BrNO3. The molecule has 0 saturated carbocycles. The maximum absolute atomic E-state index is 12.3. The van der Waals surface area contributed by atoms with Crippen LogP contribution in [0.25, 0.3) is 0 Å². The van der Waals surface area contributed by atoms with Crippen molar-refractivity contribution in [2.24, 2.45) is 0 Å². The van der Waals surface area contributed by atoms with Crippen molar-refractivity contribution in [2.75, 3.05) is 13.7 Å². The third-order valence-electron chi connectivity index (χ3n) is 4.42. The van der Waals surface area contributed by atoms with Crippen LogP contribution in [0.3, 0.4) is 0 Å². The first-order valence-corrected chi connectivity index (χ1v) is 9.90. The predicted molar refractivity (Wildman–Crippen MR) is 113 cm³/mol. The molecule has 0 aliphatic rings. The minimum atomic E-state index is -0.149. The van der Waals surface area contributed by atoms with Crippen LogP contribution in [0.5, 0.6) is 11.5 Å². The third-order valence-corrected chi connectivity index (χ3v) is 5.04. The second-order valence-corrected chi connectivity index (χ2v) is 8.34. The number of amides is 1. The number of methoxy groups -OCH3 is 1. The van der Waals surface area contributed by atoms with E-state index < -0.39 is 0 Å². The quantitative estimate of drug-likeness (QED) is 0.635. The summed E-state index contributed by atoms with van der Waals surface area (Å²) in [7, 11) is 1.64. The molecule has 0 spiro atoms. The predicted octanol–water partition coefficient (Wildman–Crippen LogP) is 5.40. The summed E-state index contributed by atoms with van der Waals surface area (Å²) < 4.78 is 11.7. The van der Waals surface area contributed by atoms with E-state index in [0.717, 1.165) is 22.2 Å². The van der Waals surface area contributed by atoms with Crippen molar-refractivity contribution in [1.29, 1.82) is 0 Å². The van der Waals surface area contributed by atoms with E-state index in [4.69, 9.17) is 9.47 Å². The summed E-state index contributed by atoms with van der Waals surface area (Å²) in [5.41, 5.74) is 2.31. The van der Waals surface area contributed by atoms with Gasteiger partial charge in [-0.2, -0.15) is 0 Å². The number of ether oxygens (including phenoxy) is 2. The maximum atomic E-state index is 12.3. The largest absolute Gasteiger partial charge is 0.497 e. The van der Waals surface area contributed by atoms with Crippen molar-refractivity contribution in [3.63, 3.8) is 0 Å². The van der Waals surface area contributed by atoms with Gasteiger partial charge in [-0.1, -0.05) is 45.9 Å². The molecule has 4 nitrogen and oxygen atoms in total. The van der Waals surface area contributed by atoms with E-state index in [0.29, 0.717) is 5.75 Å². The lowest BCUT2D eigenvalue weighted by molar-refractivity contribution is -0.123. The smallest absolute Gasteiger partial charge is 0.258 e. The van der Waals surface area contributed by atoms with Crippen LogP contribution in [0, 0.1) is 0 Å². The van der Waals surface area contributed by atoms with Crippen LogP contribution in [0.2, 0.25) is 0 Å². The van der Waals surface area contributed by atoms with Gasteiger partial charge in [0.1, 0.15) is 11.5 Å². The monoisotopic (exact) mass is 433 g/mol. The fourth-order valence-electron chi connectivity index (χ4n) is 2.72. The Bertz CT molecular complexity index is 766. The molecule has 0 saturated heterocycles. The summed E-state index contributed by atoms with van der Waals surface area (Å²) in [5.74, 6) is 1.31. The first-order valence-electron chi connectivity index (χ1n) is 9.10. The number of carbonyl (C=O) groups is 1. The van der Waals surface area contributed by atoms with Crippen LogP contribution in [0.1, 0.15) is 51.3 Å². The molecule has 0 aromatic heterocycles. The molecule has 27 heavy (non-hydrogen) atoms. The lowest BCUT2D eigenvalue weighted by atomic mass is 9.87. The van der Waals surface area contributed by atoms with E-state index in [-0.39, 0.29) is 24.0 Å². The molecule has 0 fully saturated rings. The molecule has 0 bridgehead atoms. The van der Waals surface area contributed by atoms with E-state index in [1.807, 2.05) is 49.4 Å². The standard InChI is InChI=1S/C22H28BrNO3/c1-6-19(15-7-10-17(26-5)11-8-15)24-21(25)14-27-20-12-9-16(13-18(20)23)22(2,3)4/h7-13,19H,6,14H2,1-5H3,(H,24,25)/t19-/m1/s1. The Balaban J connectivity index is 1.96. The van der Waals surface area contributed by atoms with Gasteiger partial charge in [-0.3, -0.25) is 4.79 Å². The van der Waals surface area contributed by atoms with Gasteiger partial charge >= 0.3 is 0 Å². The fraction of sp³-hybridized carbons (Fsp3) is 0.409. The van der Waals surface area contributed by atoms with Gasteiger partial charge in [-0.05, 0) is 63.2 Å². The van der Waals surface area contributed by atoms with Crippen LogP contribution in [0.15, 0.2) is 46.9 Å². The summed E-state index contributed by atoms with van der Waals surface area (Å²) in [4.78, 5) is 12.3. The highest BCUT2D eigenvalue weighted by Crippen LogP contribution is 2.31. The van der Waals surface area contributed by atoms with Crippen molar-refractivity contribution in [1.82, 2.24) is 5.32 Å². The molecule has 1 amide bonds. The van der Waals surface area contributed by atoms with Gasteiger partial charge in [-0.15, -0.1) is 0 Å². The molecule has 146 valence electrons. The average molecular weight is 434 g/mol. The molecule has 0 radical (unpaired) electrons. The molecule has 0 heterocycles. The molecule has 0 aliphatic heterocycles. The third kappa shape index (κ3) is 5.99. The Morgan fingerprint density at radius 2 is 1.81 bits per heavy atom. The summed E-state index contributed by atoms with van der Waals surface area (Å²) in [6.07, 6.45) is 0.794. The van der Waals surface area contributed by atoms with Gasteiger partial charge in [0.25, 0.3) is 5.91 Å². The average Bonchev–Trinajstić information content (AvgIpc) is 2.64. The molecule has 1 N–H and O–H groups in total. The minimum Gasteiger partial charge on any atom is -0.497 e. The van der Waals surface area contributed by atoms with Crippen molar-refractivity contribution in [2.45, 2.75) is 45.6 Å². The molecule has 2 aromatic carbocycles. The normalized spacial score (nSPS) is 12.4. The SMILES string of the molecule is CC[C@@H](NC(=O)COc1ccc(C(C)(C)C)cc1Br)c1ccc(OC)cc1. The number of hydrogen-bond acceptors (Lipinski definition) is 3. The van der Waals surface area contributed by atoms with E-state index >= 15 is 0 Å². The first-order chi connectivity index (χ1) is 12.7. The van der Waals surface area contributed by atoms with Gasteiger partial charge in [0.2, 0.25) is 0 Å². The van der Waals surface area contributed by atoms with Crippen LogP contribution < -0.4 is 14.8 Å². The van der Waals surface area contributed by atoms with E-state index in [2.05, 4.69) is 42.0 Å². The summed E-state index contributed by atoms with van der Waals surface area (Å²) in [6.45, 7) is 8.49. The highest BCUT2D eigenvalue weighted by Gasteiger charge is 2.17. The molecule has 0 aliphatic carbocycles. The minimum absolute atomic E-state index is 0.0277. The van der Waals surface area contributed by atoms with Crippen LogP contribution >= 0.6 is 15.9 Å². The lowest BCUT2D eigenvalue weighted by Gasteiger charge is -2.20. The Hall–Kier alpha value is -2.01. The Kier molecular flexibility index (Phi) is 7.31. The van der Waals surface area contributed by atoms with Crippen molar-refractivity contribution >= 4 is 21.8 Å². The maximum Gasteiger partial charge on any atom is 0.258 e. The summed E-state index contributed by atoms with van der Waals surface area (Å²) in [5, 5.41) is 3.03. The zero-order chi connectivity index (χ0) is 20.0. The van der Waals surface area contributed by atoms with Crippen LogP contribution in [0.4, 0.5) is 0 Å². The van der Waals surface area contributed by atoms with Crippen LogP contribution in [-0.2, 0) is 10.2 Å². The second kappa shape index (κ2) is 9.27. The molecule has 2 rings (SSSR count). The lowest BCUT2D eigenvalue weighted by Crippen LogP contribution is -2.32. The number of halogens is 1. The topological polar surface area (TPSA) is 47.6 Å². The number of carbonyl (C=O) groups excluding carboxylic acids is 1. The second-order valence-electron chi connectivity index (χ2n) is 7.49. The highest BCUT2D eigenvalue weighted by atomic mass is 79.9. The van der Waals surface area contributed by atoms with Crippen molar-refractivity contribution in [3.8, 4) is 11.5 Å². The zero-order valence-electron chi connectivity index (χ0n) is 16.6. The van der Waals surface area contributed by atoms with Gasteiger partial charge in [0, 0.05) is 0 Å². The highest BCUT2D eigenvalue weighted by molar-refractivity contribution is 9.10. The van der Waals surface area contributed by atoms with Gasteiger partial charge in [0.05, 0.1) is 17.6 Å². The Labute approximate surface area is 170 Å². The van der Waals surface area contributed by atoms with Gasteiger partial charge in [-0.25, -0.2) is 0 Å². The van der Waals surface area contributed by atoms with Gasteiger partial charge < -0.3 is 14.8 Å². The first kappa shape index (κ1) is 21.3. The molecule has 5 heteroatoms. The Morgan fingerprint density at radius 1 is 1.15 bits per heavy atom. The van der Waals surface area contributed by atoms with E-state index in [1.54, 1.807) is 7.11 Å². The van der Waals surface area contributed by atoms with Crippen LogP contribution in [-0.4, -0.2) is 19.6 Å². The summed E-state index contributed by atoms with van der Waals surface area (Å²) in [6, 6.07) is 13.6. The molecule has 0 unspecified atom stereocenters. The van der Waals surface area contributed by atoms with E-state index in [9.17, 15) is 4.79 Å². The number of benzene rings is 2. The van der Waals surface area contributed by atoms with Crippen molar-refractivity contribution in [3.05, 3.63) is 58.1 Å². The van der Waals surface area contributed by atoms with Gasteiger partial charge in [0.15, 0.2) is 6.61 Å². The number of hydrogen-bond donors (Lipinski definition) is 1. The molecule has 1 atom stereocenters. The summed E-state index contributed by atoms with van der Waals surface area (Å²) >= 11 is 3.54. The van der Waals surface area contributed by atoms with E-state index in [1.165, 1.54) is 5.56 Å². The number of rotatable bonds is 7. The fourth-order valence-corrected chi connectivity index (χ4v) is 3.21. The Morgan fingerprint density at radius 3 is 2.33 bits per heavy atom. The zero-order valence-corrected chi connectivity index (χ0v) is 18.2.